The number of hydrogen-bond acceptors (Lipinski definition) is 4. The Labute approximate surface area is 130 Å². The molecule has 0 radical (unpaired) electrons. The minimum absolute atomic E-state index is 0.198. The van der Waals surface area contributed by atoms with Gasteiger partial charge in [0.15, 0.2) is 6.61 Å². The van der Waals surface area contributed by atoms with Crippen molar-refractivity contribution in [3.8, 4) is 0 Å². The van der Waals surface area contributed by atoms with E-state index in [0.29, 0.717) is 11.8 Å². The van der Waals surface area contributed by atoms with Crippen molar-refractivity contribution in [3.05, 3.63) is 66.0 Å². The lowest BCUT2D eigenvalue weighted by atomic mass is 10.3. The highest BCUT2D eigenvalue weighted by Crippen LogP contribution is 2.14. The molecule has 0 saturated carbocycles. The highest BCUT2D eigenvalue weighted by molar-refractivity contribution is 5.94. The summed E-state index contributed by atoms with van der Waals surface area (Å²) >= 11 is 0. The van der Waals surface area contributed by atoms with E-state index in [9.17, 15) is 18.4 Å². The fraction of sp³-hybridized carbons (Fsp3) is 0.0625. The first-order valence-corrected chi connectivity index (χ1v) is 6.55. The third-order valence-corrected chi connectivity index (χ3v) is 2.63. The lowest BCUT2D eigenvalue weighted by molar-refractivity contribution is -0.142. The molecule has 0 aliphatic carbocycles. The molecule has 1 N–H and O–H groups in total. The van der Waals surface area contributed by atoms with Crippen molar-refractivity contribution in [2.45, 2.75) is 0 Å². The molecule has 0 saturated heterocycles. The van der Waals surface area contributed by atoms with Crippen LogP contribution in [0.2, 0.25) is 0 Å². The predicted octanol–water partition coefficient (Wildman–Crippen LogP) is 2.55. The molecule has 1 aromatic carbocycles. The van der Waals surface area contributed by atoms with Crippen LogP contribution in [0.25, 0.3) is 6.08 Å². The van der Waals surface area contributed by atoms with Crippen molar-refractivity contribution in [2.24, 2.45) is 0 Å². The van der Waals surface area contributed by atoms with E-state index >= 15 is 0 Å². The summed E-state index contributed by atoms with van der Waals surface area (Å²) < 4.78 is 30.8. The van der Waals surface area contributed by atoms with Gasteiger partial charge in [-0.25, -0.2) is 13.6 Å². The average molecular weight is 318 g/mol. The van der Waals surface area contributed by atoms with Crippen LogP contribution in [0, 0.1) is 11.6 Å². The van der Waals surface area contributed by atoms with Gasteiger partial charge in [-0.1, -0.05) is 6.07 Å². The molecular weight excluding hydrogens is 306 g/mol. The molecule has 5 nitrogen and oxygen atoms in total. The molecule has 0 bridgehead atoms. The van der Waals surface area contributed by atoms with E-state index in [2.05, 4.69) is 10.3 Å². The Kier molecular flexibility index (Phi) is 5.51. The highest BCUT2D eigenvalue weighted by atomic mass is 19.1. The third kappa shape index (κ3) is 5.31. The molecule has 0 spiro atoms. The Balaban J connectivity index is 1.82. The van der Waals surface area contributed by atoms with Crippen LogP contribution in [0.5, 0.6) is 0 Å². The number of ether oxygens (including phenoxy) is 1. The summed E-state index contributed by atoms with van der Waals surface area (Å²) in [6, 6.07) is 7.88. The molecule has 2 rings (SSSR count). The van der Waals surface area contributed by atoms with Gasteiger partial charge in [0.1, 0.15) is 11.6 Å². The summed E-state index contributed by atoms with van der Waals surface area (Å²) in [7, 11) is 0. The second-order valence-electron chi connectivity index (χ2n) is 4.37. The number of hydrogen-bond donors (Lipinski definition) is 1. The van der Waals surface area contributed by atoms with Gasteiger partial charge in [0.2, 0.25) is 0 Å². The summed E-state index contributed by atoms with van der Waals surface area (Å²) in [4.78, 5) is 27.0. The highest BCUT2D eigenvalue weighted by Gasteiger charge is 2.09. The maximum Gasteiger partial charge on any atom is 0.331 e. The topological polar surface area (TPSA) is 68.3 Å². The molecule has 0 unspecified atom stereocenters. The molecule has 23 heavy (non-hydrogen) atoms. The van der Waals surface area contributed by atoms with Gasteiger partial charge in [-0.2, -0.15) is 0 Å². The van der Waals surface area contributed by atoms with Crippen LogP contribution in [0.3, 0.4) is 0 Å². The largest absolute Gasteiger partial charge is 0.452 e. The fourth-order valence-electron chi connectivity index (χ4n) is 1.59. The van der Waals surface area contributed by atoms with Crippen molar-refractivity contribution in [2.75, 3.05) is 11.9 Å². The number of amides is 1. The summed E-state index contributed by atoms with van der Waals surface area (Å²) in [5.41, 5.74) is 0.360. The smallest absolute Gasteiger partial charge is 0.331 e. The van der Waals surface area contributed by atoms with Crippen molar-refractivity contribution < 1.29 is 23.1 Å². The van der Waals surface area contributed by atoms with Gasteiger partial charge in [-0.05, 0) is 30.3 Å². The molecule has 0 aliphatic heterocycles. The zero-order valence-corrected chi connectivity index (χ0v) is 11.8. The van der Waals surface area contributed by atoms with Crippen LogP contribution in [-0.4, -0.2) is 23.5 Å². The van der Waals surface area contributed by atoms with E-state index in [1.54, 1.807) is 24.4 Å². The SMILES string of the molecule is O=C(COC(=O)/C=C/c1ccccn1)Nc1ccc(F)cc1F. The maximum absolute atomic E-state index is 13.3. The average Bonchev–Trinajstić information content (AvgIpc) is 2.54. The van der Waals surface area contributed by atoms with Gasteiger partial charge in [0, 0.05) is 18.3 Å². The molecule has 118 valence electrons. The number of carbonyl (C=O) groups excluding carboxylic acids is 2. The number of nitrogens with zero attached hydrogens (tertiary/aromatic N) is 1. The first-order valence-electron chi connectivity index (χ1n) is 6.55. The molecule has 1 aromatic heterocycles. The normalized spacial score (nSPS) is 10.5. The molecule has 0 atom stereocenters. The zero-order chi connectivity index (χ0) is 16.7. The number of pyridine rings is 1. The standard InChI is InChI=1S/C16H12F2N2O3/c17-11-4-6-14(13(18)9-11)20-15(21)10-23-16(22)7-5-12-3-1-2-8-19-12/h1-9H,10H2,(H,20,21)/b7-5+. The number of nitrogens with one attached hydrogen (secondary N) is 1. The van der Waals surface area contributed by atoms with E-state index < -0.39 is 30.1 Å². The molecule has 2 aromatic rings. The minimum Gasteiger partial charge on any atom is -0.452 e. The first-order chi connectivity index (χ1) is 11.0. The van der Waals surface area contributed by atoms with Crippen LogP contribution in [0.1, 0.15) is 5.69 Å². The Hall–Kier alpha value is -3.09. The lowest BCUT2D eigenvalue weighted by Gasteiger charge is -2.06. The summed E-state index contributed by atoms with van der Waals surface area (Å²) in [5, 5.41) is 2.17. The number of aromatic nitrogens is 1. The molecule has 1 amide bonds. The lowest BCUT2D eigenvalue weighted by Crippen LogP contribution is -2.20. The van der Waals surface area contributed by atoms with Crippen LogP contribution < -0.4 is 5.32 Å². The van der Waals surface area contributed by atoms with Gasteiger partial charge in [0.25, 0.3) is 5.91 Å². The van der Waals surface area contributed by atoms with E-state index in [1.807, 2.05) is 0 Å². The molecule has 7 heteroatoms. The number of halogens is 2. The first kappa shape index (κ1) is 16.3. The molecule has 0 fully saturated rings. The minimum atomic E-state index is -0.917. The quantitative estimate of drug-likeness (QED) is 0.679. The predicted molar refractivity (Wildman–Crippen MR) is 79.2 cm³/mol. The van der Waals surface area contributed by atoms with Crippen LogP contribution in [0.15, 0.2) is 48.7 Å². The monoisotopic (exact) mass is 318 g/mol. The van der Waals surface area contributed by atoms with E-state index in [1.165, 1.54) is 6.08 Å². The Bertz CT molecular complexity index is 733. The number of esters is 1. The van der Waals surface area contributed by atoms with Crippen LogP contribution in [-0.2, 0) is 14.3 Å². The van der Waals surface area contributed by atoms with Crippen molar-refractivity contribution in [3.63, 3.8) is 0 Å². The van der Waals surface area contributed by atoms with E-state index in [-0.39, 0.29) is 5.69 Å². The molecular formula is C16H12F2N2O3. The second-order valence-corrected chi connectivity index (χ2v) is 4.37. The summed E-state index contributed by atoms with van der Waals surface area (Å²) in [5.74, 6) is -3.16. The van der Waals surface area contributed by atoms with Crippen molar-refractivity contribution in [1.29, 1.82) is 0 Å². The Morgan fingerprint density at radius 2 is 2.04 bits per heavy atom. The molecule has 0 aliphatic rings. The van der Waals surface area contributed by atoms with Crippen LogP contribution in [0.4, 0.5) is 14.5 Å². The van der Waals surface area contributed by atoms with Gasteiger partial charge in [0.05, 0.1) is 11.4 Å². The number of rotatable bonds is 5. The second kappa shape index (κ2) is 7.79. The van der Waals surface area contributed by atoms with Crippen molar-refractivity contribution >= 4 is 23.6 Å². The maximum atomic E-state index is 13.3. The van der Waals surface area contributed by atoms with E-state index in [0.717, 1.165) is 18.2 Å². The Morgan fingerprint density at radius 1 is 1.22 bits per heavy atom. The van der Waals surface area contributed by atoms with Crippen molar-refractivity contribution in [1.82, 2.24) is 4.98 Å². The fourth-order valence-corrected chi connectivity index (χ4v) is 1.59. The van der Waals surface area contributed by atoms with Gasteiger partial charge < -0.3 is 10.1 Å². The van der Waals surface area contributed by atoms with Gasteiger partial charge in [-0.3, -0.25) is 9.78 Å². The Morgan fingerprint density at radius 3 is 2.74 bits per heavy atom. The molecule has 1 heterocycles. The number of anilines is 1. The number of benzene rings is 1. The summed E-state index contributed by atoms with van der Waals surface area (Å²) in [6.07, 6.45) is 4.11. The van der Waals surface area contributed by atoms with Gasteiger partial charge >= 0.3 is 5.97 Å². The van der Waals surface area contributed by atoms with Crippen LogP contribution >= 0.6 is 0 Å². The number of carbonyl (C=O) groups is 2. The van der Waals surface area contributed by atoms with E-state index in [4.69, 9.17) is 4.74 Å². The summed E-state index contributed by atoms with van der Waals surface area (Å²) in [6.45, 7) is -0.595. The zero-order valence-electron chi connectivity index (χ0n) is 11.8. The third-order valence-electron chi connectivity index (χ3n) is 2.63. The van der Waals surface area contributed by atoms with Gasteiger partial charge in [-0.15, -0.1) is 0 Å².